The second kappa shape index (κ2) is 11.7. The van der Waals surface area contributed by atoms with E-state index in [1.54, 1.807) is 25.3 Å². The molecule has 0 aliphatic heterocycles. The summed E-state index contributed by atoms with van der Waals surface area (Å²) in [4.78, 5) is 25.9. The highest BCUT2D eigenvalue weighted by Gasteiger charge is 2.21. The third-order valence-electron chi connectivity index (χ3n) is 6.91. The van der Waals surface area contributed by atoms with Gasteiger partial charge in [-0.25, -0.2) is 4.39 Å². The molecule has 0 atom stereocenters. The molecule has 3 N–H and O–H groups in total. The number of fused-ring (bicyclic) bond motifs is 1. The van der Waals surface area contributed by atoms with Crippen molar-refractivity contribution in [3.8, 4) is 28.2 Å². The zero-order valence-electron chi connectivity index (χ0n) is 23.2. The molecule has 0 aliphatic rings. The first kappa shape index (κ1) is 27.6. The molecule has 5 aromatic rings. The Bertz CT molecular complexity index is 1740. The zero-order valence-corrected chi connectivity index (χ0v) is 23.2. The lowest BCUT2D eigenvalue weighted by molar-refractivity contribution is 0.0948. The summed E-state index contributed by atoms with van der Waals surface area (Å²) in [5, 5.41) is 3.61. The van der Waals surface area contributed by atoms with Gasteiger partial charge in [0.25, 0.3) is 11.8 Å². The van der Waals surface area contributed by atoms with Crippen LogP contribution in [0.15, 0.2) is 89.3 Å². The van der Waals surface area contributed by atoms with Crippen LogP contribution in [0, 0.1) is 11.7 Å². The molecule has 41 heavy (non-hydrogen) atoms. The number of carbonyl (C=O) groups is 2. The lowest BCUT2D eigenvalue weighted by atomic mass is 9.93. The summed E-state index contributed by atoms with van der Waals surface area (Å²) < 4.78 is 25.0. The Balaban J connectivity index is 1.54. The van der Waals surface area contributed by atoms with Gasteiger partial charge >= 0.3 is 0 Å². The van der Waals surface area contributed by atoms with Crippen LogP contribution in [0.25, 0.3) is 33.4 Å². The number of primary amides is 1. The molecule has 0 aliphatic carbocycles. The Morgan fingerprint density at radius 1 is 0.927 bits per heavy atom. The van der Waals surface area contributed by atoms with Crippen molar-refractivity contribution in [2.45, 2.75) is 20.3 Å². The van der Waals surface area contributed by atoms with E-state index in [-0.39, 0.29) is 17.3 Å². The number of ether oxygens (including phenoxy) is 1. The molecule has 7 heteroatoms. The number of carbonyl (C=O) groups excluding carboxylic acids is 2. The van der Waals surface area contributed by atoms with E-state index in [4.69, 9.17) is 14.9 Å². The van der Waals surface area contributed by atoms with Crippen LogP contribution in [-0.4, -0.2) is 25.5 Å². The third-order valence-corrected chi connectivity index (χ3v) is 6.91. The highest BCUT2D eigenvalue weighted by Crippen LogP contribution is 2.36. The van der Waals surface area contributed by atoms with Crippen molar-refractivity contribution in [1.82, 2.24) is 5.32 Å². The minimum Gasteiger partial charge on any atom is -0.496 e. The van der Waals surface area contributed by atoms with E-state index in [1.165, 1.54) is 12.1 Å². The predicted molar refractivity (Wildman–Crippen MR) is 159 cm³/mol. The predicted octanol–water partition coefficient (Wildman–Crippen LogP) is 6.99. The molecule has 0 saturated heterocycles. The van der Waals surface area contributed by atoms with Gasteiger partial charge < -0.3 is 20.2 Å². The number of hydrogen-bond acceptors (Lipinski definition) is 4. The van der Waals surface area contributed by atoms with Gasteiger partial charge in [-0.2, -0.15) is 0 Å². The van der Waals surface area contributed by atoms with Gasteiger partial charge in [0.1, 0.15) is 22.9 Å². The van der Waals surface area contributed by atoms with Gasteiger partial charge in [-0.05, 0) is 77.6 Å². The Morgan fingerprint density at radius 3 is 2.34 bits per heavy atom. The maximum absolute atomic E-state index is 13.5. The Morgan fingerprint density at radius 2 is 1.63 bits per heavy atom. The summed E-state index contributed by atoms with van der Waals surface area (Å²) >= 11 is 0. The fourth-order valence-corrected chi connectivity index (χ4v) is 4.92. The van der Waals surface area contributed by atoms with E-state index in [0.29, 0.717) is 52.5 Å². The maximum Gasteiger partial charge on any atom is 0.253 e. The third kappa shape index (κ3) is 5.84. The van der Waals surface area contributed by atoms with Crippen LogP contribution >= 0.6 is 0 Å². The molecule has 0 spiro atoms. The van der Waals surface area contributed by atoms with E-state index in [2.05, 4.69) is 5.32 Å². The number of amides is 2. The number of nitrogens with one attached hydrogen (secondary N) is 1. The number of benzene rings is 4. The first-order chi connectivity index (χ1) is 19.7. The second-order valence-corrected chi connectivity index (χ2v) is 10.4. The minimum atomic E-state index is -0.634. The van der Waals surface area contributed by atoms with Crippen molar-refractivity contribution in [3.63, 3.8) is 0 Å². The quantitative estimate of drug-likeness (QED) is 0.207. The Kier molecular flexibility index (Phi) is 7.88. The molecular formula is C34H31FN2O4. The first-order valence-electron chi connectivity index (χ1n) is 13.4. The van der Waals surface area contributed by atoms with Gasteiger partial charge in [-0.15, -0.1) is 0 Å². The van der Waals surface area contributed by atoms with Crippen molar-refractivity contribution in [3.05, 3.63) is 113 Å². The molecule has 2 amide bonds. The van der Waals surface area contributed by atoms with Crippen LogP contribution in [-0.2, 0) is 6.42 Å². The molecule has 0 fully saturated rings. The lowest BCUT2D eigenvalue weighted by Gasteiger charge is -2.16. The first-order valence-corrected chi connectivity index (χ1v) is 13.4. The molecule has 1 heterocycles. The van der Waals surface area contributed by atoms with Crippen molar-refractivity contribution in [1.29, 1.82) is 0 Å². The lowest BCUT2D eigenvalue weighted by Crippen LogP contribution is -2.28. The van der Waals surface area contributed by atoms with Gasteiger partial charge in [0.05, 0.1) is 12.7 Å². The molecule has 0 bridgehead atoms. The van der Waals surface area contributed by atoms with Crippen molar-refractivity contribution >= 4 is 22.8 Å². The topological polar surface area (TPSA) is 94.6 Å². The standard InChI is InChI=1S/C34H31FN2O4/c1-20(2)19-37-34(39)27-17-21(8-14-25(27)26-6-4-5-7-29(26)40-3)16-22-9-15-30-28(18-22)31(33(36)38)32(41-30)23-10-12-24(35)13-11-23/h4-15,17-18,20H,16,19H2,1-3H3,(H2,36,38)(H,37,39). The fourth-order valence-electron chi connectivity index (χ4n) is 4.92. The molecule has 0 saturated carbocycles. The maximum atomic E-state index is 13.5. The Hall–Kier alpha value is -4.91. The number of para-hydroxylation sites is 1. The fraction of sp³-hybridized carbons (Fsp3) is 0.176. The highest BCUT2D eigenvalue weighted by atomic mass is 19.1. The van der Waals surface area contributed by atoms with Crippen LogP contribution in [0.4, 0.5) is 4.39 Å². The van der Waals surface area contributed by atoms with Gasteiger partial charge in [-0.3, -0.25) is 9.59 Å². The minimum absolute atomic E-state index is 0.160. The molecule has 6 nitrogen and oxygen atoms in total. The van der Waals surface area contributed by atoms with Crippen LogP contribution in [0.2, 0.25) is 0 Å². The summed E-state index contributed by atoms with van der Waals surface area (Å²) in [7, 11) is 1.61. The molecule has 4 aromatic carbocycles. The van der Waals surface area contributed by atoms with Crippen LogP contribution in [0.5, 0.6) is 5.75 Å². The molecule has 0 radical (unpaired) electrons. The summed E-state index contributed by atoms with van der Waals surface area (Å²) in [6, 6.07) is 24.7. The molecule has 1 aromatic heterocycles. The summed E-state index contributed by atoms with van der Waals surface area (Å²) in [6.45, 7) is 4.65. The summed E-state index contributed by atoms with van der Waals surface area (Å²) in [5.74, 6) is 0.103. The summed E-state index contributed by atoms with van der Waals surface area (Å²) in [5.41, 5.74) is 11.0. The number of methoxy groups -OCH3 is 1. The average molecular weight is 551 g/mol. The normalized spacial score (nSPS) is 11.1. The number of rotatable bonds is 9. The highest BCUT2D eigenvalue weighted by molar-refractivity contribution is 6.10. The summed E-state index contributed by atoms with van der Waals surface area (Å²) in [6.07, 6.45) is 0.502. The van der Waals surface area contributed by atoms with E-state index in [9.17, 15) is 14.0 Å². The average Bonchev–Trinajstić information content (AvgIpc) is 3.35. The molecule has 0 unspecified atom stereocenters. The monoisotopic (exact) mass is 550 g/mol. The largest absolute Gasteiger partial charge is 0.496 e. The van der Waals surface area contributed by atoms with Gasteiger partial charge in [-0.1, -0.05) is 50.2 Å². The van der Waals surface area contributed by atoms with E-state index in [0.717, 1.165) is 22.3 Å². The van der Waals surface area contributed by atoms with Gasteiger partial charge in [0, 0.05) is 28.6 Å². The molecular weight excluding hydrogens is 519 g/mol. The number of nitrogens with two attached hydrogens (primary N) is 1. The SMILES string of the molecule is COc1ccccc1-c1ccc(Cc2ccc3oc(-c4ccc(F)cc4)c(C(N)=O)c3c2)cc1C(=O)NCC(C)C. The van der Waals surface area contributed by atoms with Crippen molar-refractivity contribution in [2.24, 2.45) is 11.7 Å². The second-order valence-electron chi connectivity index (χ2n) is 10.4. The van der Waals surface area contributed by atoms with Crippen LogP contribution < -0.4 is 15.8 Å². The smallest absolute Gasteiger partial charge is 0.253 e. The molecule has 5 rings (SSSR count). The van der Waals surface area contributed by atoms with Crippen molar-refractivity contribution < 1.29 is 23.1 Å². The van der Waals surface area contributed by atoms with E-state index < -0.39 is 5.91 Å². The number of furan rings is 1. The van der Waals surface area contributed by atoms with Crippen molar-refractivity contribution in [2.75, 3.05) is 13.7 Å². The van der Waals surface area contributed by atoms with E-state index in [1.807, 2.05) is 68.4 Å². The van der Waals surface area contributed by atoms with Gasteiger partial charge in [0.15, 0.2) is 0 Å². The molecule has 208 valence electrons. The number of halogens is 1. The Labute approximate surface area is 237 Å². The van der Waals surface area contributed by atoms with Crippen LogP contribution in [0.1, 0.15) is 45.7 Å². The number of hydrogen-bond donors (Lipinski definition) is 2. The van der Waals surface area contributed by atoms with Crippen LogP contribution in [0.3, 0.4) is 0 Å². The van der Waals surface area contributed by atoms with E-state index >= 15 is 0 Å². The zero-order chi connectivity index (χ0) is 29.1. The van der Waals surface area contributed by atoms with Gasteiger partial charge in [0.2, 0.25) is 0 Å².